The van der Waals surface area contributed by atoms with Gasteiger partial charge in [-0.1, -0.05) is 54.6 Å². The van der Waals surface area contributed by atoms with Gasteiger partial charge in [-0.2, -0.15) is 0 Å². The molecule has 5 nitrogen and oxygen atoms in total. The standard InChI is InChI=1S/C21H19NO4/c1-26-21(25)18(22-20(24)15-8-3-2-4-9-15)19(23)17-12-11-14-7-5-6-10-16(14)13-17/h2-13,18-19,23H,1H3,(H,22,24)/t18-,19+/m1/s1. The van der Waals surface area contributed by atoms with Crippen molar-refractivity contribution in [2.45, 2.75) is 12.1 Å². The summed E-state index contributed by atoms with van der Waals surface area (Å²) in [5.74, 6) is -1.17. The van der Waals surface area contributed by atoms with Crippen LogP contribution in [-0.2, 0) is 9.53 Å². The minimum atomic E-state index is -1.24. The molecule has 0 saturated heterocycles. The predicted molar refractivity (Wildman–Crippen MR) is 98.6 cm³/mol. The van der Waals surface area contributed by atoms with Crippen LogP contribution in [0.15, 0.2) is 72.8 Å². The normalized spacial score (nSPS) is 13.0. The minimum absolute atomic E-state index is 0.395. The van der Waals surface area contributed by atoms with Gasteiger partial charge in [0.15, 0.2) is 6.04 Å². The minimum Gasteiger partial charge on any atom is -0.467 e. The zero-order chi connectivity index (χ0) is 18.5. The molecule has 0 saturated carbocycles. The number of carbonyl (C=O) groups is 2. The topological polar surface area (TPSA) is 75.6 Å². The number of aliphatic hydroxyl groups is 1. The van der Waals surface area contributed by atoms with Crippen LogP contribution in [0.3, 0.4) is 0 Å². The highest BCUT2D eigenvalue weighted by Gasteiger charge is 2.31. The van der Waals surface area contributed by atoms with Gasteiger partial charge < -0.3 is 15.2 Å². The van der Waals surface area contributed by atoms with E-state index >= 15 is 0 Å². The first-order valence-electron chi connectivity index (χ1n) is 8.20. The Labute approximate surface area is 151 Å². The van der Waals surface area contributed by atoms with Crippen LogP contribution >= 0.6 is 0 Å². The van der Waals surface area contributed by atoms with Crippen molar-refractivity contribution in [2.75, 3.05) is 7.11 Å². The molecule has 3 aromatic rings. The highest BCUT2D eigenvalue weighted by molar-refractivity contribution is 5.97. The molecule has 132 valence electrons. The number of hydrogen-bond acceptors (Lipinski definition) is 4. The maximum Gasteiger partial charge on any atom is 0.331 e. The number of amides is 1. The van der Waals surface area contributed by atoms with Crippen molar-refractivity contribution in [3.8, 4) is 0 Å². The molecule has 0 aromatic heterocycles. The van der Waals surface area contributed by atoms with Crippen molar-refractivity contribution in [3.05, 3.63) is 83.9 Å². The fourth-order valence-electron chi connectivity index (χ4n) is 2.79. The van der Waals surface area contributed by atoms with Crippen molar-refractivity contribution in [3.63, 3.8) is 0 Å². The van der Waals surface area contributed by atoms with E-state index in [0.29, 0.717) is 11.1 Å². The number of rotatable bonds is 5. The van der Waals surface area contributed by atoms with Gasteiger partial charge in [0.1, 0.15) is 6.10 Å². The maximum absolute atomic E-state index is 12.4. The van der Waals surface area contributed by atoms with E-state index in [-0.39, 0.29) is 0 Å². The molecule has 0 heterocycles. The van der Waals surface area contributed by atoms with Gasteiger partial charge >= 0.3 is 5.97 Å². The maximum atomic E-state index is 12.4. The van der Waals surface area contributed by atoms with E-state index in [1.54, 1.807) is 42.5 Å². The van der Waals surface area contributed by atoms with Gasteiger partial charge in [-0.15, -0.1) is 0 Å². The molecule has 1 amide bonds. The quantitative estimate of drug-likeness (QED) is 0.695. The van der Waals surface area contributed by atoms with Crippen LogP contribution in [0.2, 0.25) is 0 Å². The number of esters is 1. The molecular formula is C21H19NO4. The van der Waals surface area contributed by atoms with E-state index in [4.69, 9.17) is 4.74 Å². The van der Waals surface area contributed by atoms with E-state index in [2.05, 4.69) is 5.32 Å². The molecule has 0 radical (unpaired) electrons. The van der Waals surface area contributed by atoms with Crippen LogP contribution in [0.4, 0.5) is 0 Å². The van der Waals surface area contributed by atoms with E-state index in [1.165, 1.54) is 7.11 Å². The summed E-state index contributed by atoms with van der Waals surface area (Å²) in [6, 6.07) is 20.4. The SMILES string of the molecule is COC(=O)[C@H](NC(=O)c1ccccc1)[C@@H](O)c1ccc2ccccc2c1. The Balaban J connectivity index is 1.88. The number of methoxy groups -OCH3 is 1. The lowest BCUT2D eigenvalue weighted by Crippen LogP contribution is -2.45. The van der Waals surface area contributed by atoms with Crippen LogP contribution in [0.25, 0.3) is 10.8 Å². The molecule has 0 aliphatic rings. The molecule has 2 N–H and O–H groups in total. The Hall–Kier alpha value is -3.18. The second-order valence-corrected chi connectivity index (χ2v) is 5.89. The summed E-state index contributed by atoms with van der Waals surface area (Å²) >= 11 is 0. The zero-order valence-corrected chi connectivity index (χ0v) is 14.3. The molecular weight excluding hydrogens is 330 g/mol. The third-order valence-corrected chi connectivity index (χ3v) is 4.21. The Morgan fingerprint density at radius 3 is 2.27 bits per heavy atom. The molecule has 0 aliphatic heterocycles. The average Bonchev–Trinajstić information content (AvgIpc) is 2.71. The molecule has 3 aromatic carbocycles. The highest BCUT2D eigenvalue weighted by Crippen LogP contribution is 2.23. The first-order valence-corrected chi connectivity index (χ1v) is 8.20. The summed E-state index contributed by atoms with van der Waals surface area (Å²) in [7, 11) is 1.22. The number of benzene rings is 3. The lowest BCUT2D eigenvalue weighted by molar-refractivity contribution is -0.146. The highest BCUT2D eigenvalue weighted by atomic mass is 16.5. The van der Waals surface area contributed by atoms with E-state index < -0.39 is 24.0 Å². The molecule has 0 aliphatic carbocycles. The molecule has 26 heavy (non-hydrogen) atoms. The first kappa shape index (κ1) is 17.6. The van der Waals surface area contributed by atoms with Crippen molar-refractivity contribution in [2.24, 2.45) is 0 Å². The van der Waals surface area contributed by atoms with Crippen LogP contribution < -0.4 is 5.32 Å². The molecule has 2 atom stereocenters. The van der Waals surface area contributed by atoms with Crippen molar-refractivity contribution >= 4 is 22.6 Å². The summed E-state index contributed by atoms with van der Waals surface area (Å²) in [5.41, 5.74) is 0.916. The smallest absolute Gasteiger partial charge is 0.331 e. The Bertz CT molecular complexity index is 923. The fourth-order valence-corrected chi connectivity index (χ4v) is 2.79. The van der Waals surface area contributed by atoms with Crippen molar-refractivity contribution < 1.29 is 19.4 Å². The molecule has 5 heteroatoms. The van der Waals surface area contributed by atoms with Crippen LogP contribution in [0, 0.1) is 0 Å². The molecule has 0 unspecified atom stereocenters. The van der Waals surface area contributed by atoms with Gasteiger partial charge in [0.25, 0.3) is 5.91 Å². The predicted octanol–water partition coefficient (Wildman–Crippen LogP) is 2.84. The summed E-state index contributed by atoms with van der Waals surface area (Å²) in [6.07, 6.45) is -1.24. The van der Waals surface area contributed by atoms with Gasteiger partial charge in [0.05, 0.1) is 7.11 Å². The number of carbonyl (C=O) groups excluding carboxylic acids is 2. The Morgan fingerprint density at radius 1 is 0.923 bits per heavy atom. The zero-order valence-electron chi connectivity index (χ0n) is 14.3. The largest absolute Gasteiger partial charge is 0.467 e. The lowest BCUT2D eigenvalue weighted by atomic mass is 9.98. The molecule has 3 rings (SSSR count). The van der Waals surface area contributed by atoms with Gasteiger partial charge in [-0.3, -0.25) is 4.79 Å². The first-order chi connectivity index (χ1) is 12.6. The van der Waals surface area contributed by atoms with Gasteiger partial charge in [0.2, 0.25) is 0 Å². The van der Waals surface area contributed by atoms with E-state index in [1.807, 2.05) is 30.3 Å². The van der Waals surface area contributed by atoms with Crippen LogP contribution in [0.5, 0.6) is 0 Å². The van der Waals surface area contributed by atoms with E-state index in [9.17, 15) is 14.7 Å². The number of fused-ring (bicyclic) bond motifs is 1. The van der Waals surface area contributed by atoms with Gasteiger partial charge in [-0.05, 0) is 34.5 Å². The molecule has 0 spiro atoms. The average molecular weight is 349 g/mol. The summed E-state index contributed by atoms with van der Waals surface area (Å²) in [6.45, 7) is 0. The third kappa shape index (κ3) is 3.73. The fraction of sp³-hybridized carbons (Fsp3) is 0.143. The second-order valence-electron chi connectivity index (χ2n) is 5.89. The van der Waals surface area contributed by atoms with Crippen LogP contribution in [0.1, 0.15) is 22.0 Å². The molecule has 0 bridgehead atoms. The lowest BCUT2D eigenvalue weighted by Gasteiger charge is -2.22. The monoisotopic (exact) mass is 349 g/mol. The Kier molecular flexibility index (Phi) is 5.29. The summed E-state index contributed by atoms with van der Waals surface area (Å²) in [4.78, 5) is 24.6. The van der Waals surface area contributed by atoms with Crippen LogP contribution in [-0.4, -0.2) is 30.1 Å². The van der Waals surface area contributed by atoms with Gasteiger partial charge in [0, 0.05) is 5.56 Å². The van der Waals surface area contributed by atoms with Crippen molar-refractivity contribution in [1.82, 2.24) is 5.32 Å². The Morgan fingerprint density at radius 2 is 1.58 bits per heavy atom. The summed E-state index contributed by atoms with van der Waals surface area (Å²) in [5, 5.41) is 15.2. The van der Waals surface area contributed by atoms with Gasteiger partial charge in [-0.25, -0.2) is 4.79 Å². The van der Waals surface area contributed by atoms with Crippen molar-refractivity contribution in [1.29, 1.82) is 0 Å². The number of nitrogens with one attached hydrogen (secondary N) is 1. The number of hydrogen-bond donors (Lipinski definition) is 2. The summed E-state index contributed by atoms with van der Waals surface area (Å²) < 4.78 is 4.77. The third-order valence-electron chi connectivity index (χ3n) is 4.21. The number of aliphatic hydroxyl groups excluding tert-OH is 1. The second kappa shape index (κ2) is 7.80. The van der Waals surface area contributed by atoms with E-state index in [0.717, 1.165) is 10.8 Å². The number of ether oxygens (including phenoxy) is 1. The molecule has 0 fully saturated rings.